The molecule has 2 rings (SSSR count). The minimum absolute atomic E-state index is 0.502. The molecule has 1 aromatic rings. The average Bonchev–Trinajstić information content (AvgIpc) is 2.72. The van der Waals surface area contributed by atoms with Gasteiger partial charge >= 0.3 is 0 Å². The third-order valence-electron chi connectivity index (χ3n) is 2.39. The Morgan fingerprint density at radius 3 is 3.23 bits per heavy atom. The summed E-state index contributed by atoms with van der Waals surface area (Å²) in [5.41, 5.74) is 3.00. The van der Waals surface area contributed by atoms with Crippen LogP contribution in [0.25, 0.3) is 0 Å². The second-order valence-electron chi connectivity index (χ2n) is 3.48. The summed E-state index contributed by atoms with van der Waals surface area (Å²) >= 11 is 1.64. The molecule has 13 heavy (non-hydrogen) atoms. The molecule has 0 radical (unpaired) electrons. The van der Waals surface area contributed by atoms with Gasteiger partial charge in [-0.1, -0.05) is 6.92 Å². The van der Waals surface area contributed by atoms with E-state index in [1.807, 2.05) is 5.51 Å². The van der Waals surface area contributed by atoms with Crippen LogP contribution in [0, 0.1) is 5.92 Å². The number of aromatic nitrogens is 1. The smallest absolute Gasteiger partial charge is 0.0795 e. The van der Waals surface area contributed by atoms with Crippen LogP contribution in [0.3, 0.4) is 0 Å². The summed E-state index contributed by atoms with van der Waals surface area (Å²) in [6.45, 7) is 4.80. The monoisotopic (exact) mass is 198 g/mol. The minimum Gasteiger partial charge on any atom is -0.379 e. The van der Waals surface area contributed by atoms with Crippen molar-refractivity contribution in [3.05, 3.63) is 16.6 Å². The largest absolute Gasteiger partial charge is 0.379 e. The Balaban J connectivity index is 1.79. The Hall–Kier alpha value is -0.450. The number of nitrogens with one attached hydrogen (secondary N) is 1. The second-order valence-corrected chi connectivity index (χ2v) is 4.20. The van der Waals surface area contributed by atoms with Crippen LogP contribution in [0.1, 0.15) is 12.6 Å². The third-order valence-corrected chi connectivity index (χ3v) is 3.03. The van der Waals surface area contributed by atoms with Gasteiger partial charge in [-0.15, -0.1) is 11.3 Å². The number of hydrogen-bond donors (Lipinski definition) is 1. The molecular formula is C9H14N2OS. The summed E-state index contributed by atoms with van der Waals surface area (Å²) in [7, 11) is 0. The Kier molecular flexibility index (Phi) is 2.93. The Bertz CT molecular complexity index is 250. The number of hydrogen-bond acceptors (Lipinski definition) is 4. The highest BCUT2D eigenvalue weighted by Crippen LogP contribution is 2.12. The molecule has 0 aliphatic carbocycles. The summed E-state index contributed by atoms with van der Waals surface area (Å²) in [5.74, 6) is 0.624. The van der Waals surface area contributed by atoms with E-state index in [2.05, 4.69) is 22.6 Å². The number of ether oxygens (including phenoxy) is 1. The van der Waals surface area contributed by atoms with Crippen LogP contribution >= 0.6 is 11.3 Å². The molecular weight excluding hydrogens is 184 g/mol. The van der Waals surface area contributed by atoms with Gasteiger partial charge in [-0.05, 0) is 5.92 Å². The summed E-state index contributed by atoms with van der Waals surface area (Å²) in [5, 5.41) is 5.53. The van der Waals surface area contributed by atoms with Gasteiger partial charge < -0.3 is 10.1 Å². The minimum atomic E-state index is 0.502. The topological polar surface area (TPSA) is 34.1 Å². The van der Waals surface area contributed by atoms with Gasteiger partial charge in [-0.2, -0.15) is 0 Å². The van der Waals surface area contributed by atoms with Crippen LogP contribution in [-0.4, -0.2) is 24.2 Å². The van der Waals surface area contributed by atoms with Crippen molar-refractivity contribution in [2.24, 2.45) is 5.92 Å². The van der Waals surface area contributed by atoms with Gasteiger partial charge in [-0.25, -0.2) is 4.98 Å². The van der Waals surface area contributed by atoms with E-state index in [-0.39, 0.29) is 0 Å². The summed E-state index contributed by atoms with van der Waals surface area (Å²) in [6.07, 6.45) is 0. The Labute approximate surface area is 82.1 Å². The molecule has 1 N–H and O–H groups in total. The van der Waals surface area contributed by atoms with Crippen molar-refractivity contribution in [1.29, 1.82) is 0 Å². The number of nitrogens with zero attached hydrogens (tertiary/aromatic N) is 1. The number of thiazole rings is 1. The fourth-order valence-electron chi connectivity index (χ4n) is 1.48. The zero-order valence-electron chi connectivity index (χ0n) is 7.69. The van der Waals surface area contributed by atoms with Crippen molar-refractivity contribution < 1.29 is 4.74 Å². The lowest BCUT2D eigenvalue weighted by molar-refractivity contribution is 0.184. The molecule has 1 aromatic heterocycles. The first-order valence-electron chi connectivity index (χ1n) is 4.54. The van der Waals surface area contributed by atoms with Crippen molar-refractivity contribution in [3.8, 4) is 0 Å². The third kappa shape index (κ3) is 2.27. The molecule has 72 valence electrons. The maximum Gasteiger partial charge on any atom is 0.0795 e. The van der Waals surface area contributed by atoms with Crippen molar-refractivity contribution in [2.75, 3.05) is 13.2 Å². The van der Waals surface area contributed by atoms with Crippen molar-refractivity contribution in [2.45, 2.75) is 19.5 Å². The molecule has 3 nitrogen and oxygen atoms in total. The molecule has 0 amide bonds. The summed E-state index contributed by atoms with van der Waals surface area (Å²) < 4.78 is 5.36. The predicted octanol–water partition coefficient (Wildman–Crippen LogP) is 1.27. The Morgan fingerprint density at radius 2 is 2.62 bits per heavy atom. The predicted molar refractivity (Wildman–Crippen MR) is 52.7 cm³/mol. The van der Waals surface area contributed by atoms with Gasteiger partial charge in [0, 0.05) is 18.0 Å². The first-order chi connectivity index (χ1) is 6.36. The first kappa shape index (κ1) is 9.12. The quantitative estimate of drug-likeness (QED) is 0.794. The molecule has 1 fully saturated rings. The van der Waals surface area contributed by atoms with Crippen LogP contribution < -0.4 is 5.32 Å². The van der Waals surface area contributed by atoms with Crippen molar-refractivity contribution in [3.63, 3.8) is 0 Å². The van der Waals surface area contributed by atoms with Gasteiger partial charge in [0.2, 0.25) is 0 Å². The lowest BCUT2D eigenvalue weighted by Crippen LogP contribution is -2.33. The van der Waals surface area contributed by atoms with Crippen LogP contribution in [-0.2, 0) is 11.3 Å². The summed E-state index contributed by atoms with van der Waals surface area (Å²) in [4.78, 5) is 4.22. The van der Waals surface area contributed by atoms with E-state index in [9.17, 15) is 0 Å². The second kappa shape index (κ2) is 4.17. The van der Waals surface area contributed by atoms with Crippen LogP contribution in [0.4, 0.5) is 0 Å². The van der Waals surface area contributed by atoms with Crippen LogP contribution in [0.15, 0.2) is 10.9 Å². The molecule has 1 aliphatic rings. The van der Waals surface area contributed by atoms with E-state index in [0.717, 1.165) is 25.5 Å². The molecule has 0 saturated carbocycles. The maximum atomic E-state index is 5.36. The maximum absolute atomic E-state index is 5.36. The van der Waals surface area contributed by atoms with E-state index >= 15 is 0 Å². The molecule has 4 heteroatoms. The van der Waals surface area contributed by atoms with Crippen LogP contribution in [0.5, 0.6) is 0 Å². The molecule has 2 atom stereocenters. The van der Waals surface area contributed by atoms with Gasteiger partial charge in [-0.3, -0.25) is 0 Å². The highest BCUT2D eigenvalue weighted by Gasteiger charge is 2.23. The van der Waals surface area contributed by atoms with Gasteiger partial charge in [0.15, 0.2) is 0 Å². The zero-order valence-corrected chi connectivity index (χ0v) is 8.51. The van der Waals surface area contributed by atoms with Crippen LogP contribution in [0.2, 0.25) is 0 Å². The van der Waals surface area contributed by atoms with Crippen molar-refractivity contribution >= 4 is 11.3 Å². The highest BCUT2D eigenvalue weighted by atomic mass is 32.1. The van der Waals surface area contributed by atoms with E-state index in [4.69, 9.17) is 4.74 Å². The first-order valence-corrected chi connectivity index (χ1v) is 5.49. The number of rotatable bonds is 3. The van der Waals surface area contributed by atoms with Gasteiger partial charge in [0.25, 0.3) is 0 Å². The highest BCUT2D eigenvalue weighted by molar-refractivity contribution is 7.07. The molecule has 2 unspecified atom stereocenters. The fourth-order valence-corrected chi connectivity index (χ4v) is 2.04. The fraction of sp³-hybridized carbons (Fsp3) is 0.667. The lowest BCUT2D eigenvalue weighted by Gasteiger charge is -2.13. The van der Waals surface area contributed by atoms with E-state index < -0.39 is 0 Å². The van der Waals surface area contributed by atoms with Crippen molar-refractivity contribution in [1.82, 2.24) is 10.3 Å². The molecule has 1 saturated heterocycles. The van der Waals surface area contributed by atoms with Gasteiger partial charge in [0.1, 0.15) is 0 Å². The average molecular weight is 198 g/mol. The van der Waals surface area contributed by atoms with Gasteiger partial charge in [0.05, 0.1) is 24.4 Å². The lowest BCUT2D eigenvalue weighted by atomic mass is 10.1. The van der Waals surface area contributed by atoms with E-state index in [1.165, 1.54) is 0 Å². The normalized spacial score (nSPS) is 28.1. The summed E-state index contributed by atoms with van der Waals surface area (Å²) in [6, 6.07) is 0.502. The Morgan fingerprint density at radius 1 is 1.69 bits per heavy atom. The molecule has 0 spiro atoms. The molecule has 0 aromatic carbocycles. The zero-order chi connectivity index (χ0) is 9.10. The SMILES string of the molecule is CC1COCC1NCc1cscn1. The van der Waals surface area contributed by atoms with E-state index in [0.29, 0.717) is 12.0 Å². The van der Waals surface area contributed by atoms with E-state index in [1.54, 1.807) is 11.3 Å². The molecule has 1 aliphatic heterocycles. The molecule has 2 heterocycles. The molecule has 0 bridgehead atoms. The standard InChI is InChI=1S/C9H14N2OS/c1-7-3-12-4-9(7)10-2-8-5-13-6-11-8/h5-7,9-10H,2-4H2,1H3.